The molecule has 0 aliphatic rings. The van der Waals surface area contributed by atoms with Crippen LogP contribution in [0.1, 0.15) is 5.56 Å². The molecule has 0 saturated heterocycles. The minimum Gasteiger partial charge on any atom is -0.399 e. The van der Waals surface area contributed by atoms with Crippen molar-refractivity contribution in [3.63, 3.8) is 0 Å². The molecular weight excluding hydrogens is 198 g/mol. The summed E-state index contributed by atoms with van der Waals surface area (Å²) in [5, 5.41) is 17.8. The van der Waals surface area contributed by atoms with E-state index in [1.807, 2.05) is 25.1 Å². The van der Waals surface area contributed by atoms with Gasteiger partial charge in [0.1, 0.15) is 0 Å². The molecule has 1 aromatic rings. The van der Waals surface area contributed by atoms with Crippen LogP contribution < -0.4 is 5.73 Å². The summed E-state index contributed by atoms with van der Waals surface area (Å²) in [6.07, 6.45) is -0.656. The molecule has 0 aliphatic heterocycles. The van der Waals surface area contributed by atoms with Gasteiger partial charge in [-0.25, -0.2) is 0 Å². The number of hydrogen-bond acceptors (Lipinski definition) is 4. The van der Waals surface area contributed by atoms with Gasteiger partial charge in [-0.05, 0) is 30.7 Å². The standard InChI is InChI=1S/C10H15NO2S/c1-7-4-8(11)2-3-10(7)14-6-9(13)5-12/h2-4,9,12-13H,5-6,11H2,1H3. The first kappa shape index (κ1) is 11.4. The molecule has 0 aliphatic carbocycles. The Hall–Kier alpha value is -0.710. The van der Waals surface area contributed by atoms with Crippen molar-refractivity contribution in [3.05, 3.63) is 23.8 Å². The SMILES string of the molecule is Cc1cc(N)ccc1SCC(O)CO. The van der Waals surface area contributed by atoms with E-state index in [0.29, 0.717) is 5.75 Å². The Morgan fingerprint density at radius 2 is 2.21 bits per heavy atom. The fraction of sp³-hybridized carbons (Fsp3) is 0.400. The summed E-state index contributed by atoms with van der Waals surface area (Å²) in [5.41, 5.74) is 7.45. The highest BCUT2D eigenvalue weighted by molar-refractivity contribution is 7.99. The zero-order chi connectivity index (χ0) is 10.6. The van der Waals surface area contributed by atoms with E-state index in [1.54, 1.807) is 0 Å². The molecule has 78 valence electrons. The summed E-state index contributed by atoms with van der Waals surface area (Å²) < 4.78 is 0. The molecular formula is C10H15NO2S. The van der Waals surface area contributed by atoms with Gasteiger partial charge < -0.3 is 15.9 Å². The summed E-state index contributed by atoms with van der Waals surface area (Å²) in [5.74, 6) is 0.501. The number of aliphatic hydroxyl groups excluding tert-OH is 2. The van der Waals surface area contributed by atoms with Crippen molar-refractivity contribution in [1.82, 2.24) is 0 Å². The normalized spacial score (nSPS) is 12.8. The second-order valence-electron chi connectivity index (χ2n) is 3.17. The summed E-state index contributed by atoms with van der Waals surface area (Å²) in [6.45, 7) is 1.78. The van der Waals surface area contributed by atoms with Gasteiger partial charge in [0, 0.05) is 16.3 Å². The highest BCUT2D eigenvalue weighted by Crippen LogP contribution is 2.24. The molecule has 0 spiro atoms. The smallest absolute Gasteiger partial charge is 0.0864 e. The first-order valence-corrected chi connectivity index (χ1v) is 5.40. The van der Waals surface area contributed by atoms with Gasteiger partial charge in [-0.1, -0.05) is 0 Å². The maximum atomic E-state index is 9.17. The van der Waals surface area contributed by atoms with Gasteiger partial charge in [0.2, 0.25) is 0 Å². The number of thioether (sulfide) groups is 1. The maximum Gasteiger partial charge on any atom is 0.0864 e. The molecule has 0 fully saturated rings. The van der Waals surface area contributed by atoms with Crippen molar-refractivity contribution in [2.75, 3.05) is 18.1 Å². The Morgan fingerprint density at radius 1 is 1.50 bits per heavy atom. The molecule has 0 amide bonds. The third kappa shape index (κ3) is 3.21. The maximum absolute atomic E-state index is 9.17. The van der Waals surface area contributed by atoms with Crippen molar-refractivity contribution in [3.8, 4) is 0 Å². The second-order valence-corrected chi connectivity index (χ2v) is 4.23. The third-order valence-corrected chi connectivity index (χ3v) is 3.16. The van der Waals surface area contributed by atoms with Crippen LogP contribution in [0.2, 0.25) is 0 Å². The van der Waals surface area contributed by atoms with Crippen LogP contribution in [0.25, 0.3) is 0 Å². The van der Waals surface area contributed by atoms with Crippen molar-refractivity contribution in [2.24, 2.45) is 0 Å². The molecule has 1 rings (SSSR count). The minimum atomic E-state index is -0.656. The Balaban J connectivity index is 2.59. The number of aryl methyl sites for hydroxylation is 1. The van der Waals surface area contributed by atoms with E-state index in [2.05, 4.69) is 0 Å². The third-order valence-electron chi connectivity index (χ3n) is 1.84. The monoisotopic (exact) mass is 213 g/mol. The van der Waals surface area contributed by atoms with Crippen LogP contribution in [-0.2, 0) is 0 Å². The van der Waals surface area contributed by atoms with Gasteiger partial charge in [-0.15, -0.1) is 11.8 Å². The molecule has 1 unspecified atom stereocenters. The molecule has 0 saturated carbocycles. The average molecular weight is 213 g/mol. The zero-order valence-corrected chi connectivity index (χ0v) is 8.92. The van der Waals surface area contributed by atoms with Crippen LogP contribution in [0, 0.1) is 6.92 Å². The predicted molar refractivity (Wildman–Crippen MR) is 59.4 cm³/mol. The van der Waals surface area contributed by atoms with E-state index in [-0.39, 0.29) is 6.61 Å². The van der Waals surface area contributed by atoms with Gasteiger partial charge >= 0.3 is 0 Å². The molecule has 0 heterocycles. The molecule has 14 heavy (non-hydrogen) atoms. The number of nitrogen functional groups attached to an aromatic ring is 1. The Labute approximate surface area is 87.9 Å². The van der Waals surface area contributed by atoms with Crippen LogP contribution in [0.3, 0.4) is 0 Å². The fourth-order valence-electron chi connectivity index (χ4n) is 1.07. The lowest BCUT2D eigenvalue weighted by Gasteiger charge is -2.09. The van der Waals surface area contributed by atoms with Gasteiger partial charge in [0.05, 0.1) is 12.7 Å². The van der Waals surface area contributed by atoms with Crippen LogP contribution in [-0.4, -0.2) is 28.7 Å². The van der Waals surface area contributed by atoms with Crippen LogP contribution in [0.5, 0.6) is 0 Å². The lowest BCUT2D eigenvalue weighted by Crippen LogP contribution is -2.14. The fourth-order valence-corrected chi connectivity index (χ4v) is 2.00. The molecule has 3 nitrogen and oxygen atoms in total. The van der Waals surface area contributed by atoms with Crippen LogP contribution in [0.15, 0.2) is 23.1 Å². The minimum absolute atomic E-state index is 0.193. The summed E-state index contributed by atoms with van der Waals surface area (Å²) in [6, 6.07) is 5.66. The molecule has 1 atom stereocenters. The number of rotatable bonds is 4. The highest BCUT2D eigenvalue weighted by atomic mass is 32.2. The quantitative estimate of drug-likeness (QED) is 0.516. The van der Waals surface area contributed by atoms with Crippen molar-refractivity contribution in [2.45, 2.75) is 17.9 Å². The van der Waals surface area contributed by atoms with E-state index < -0.39 is 6.10 Å². The average Bonchev–Trinajstić information content (AvgIpc) is 2.16. The van der Waals surface area contributed by atoms with E-state index in [1.165, 1.54) is 11.8 Å². The van der Waals surface area contributed by atoms with Gasteiger partial charge in [0.15, 0.2) is 0 Å². The van der Waals surface area contributed by atoms with Crippen LogP contribution in [0.4, 0.5) is 5.69 Å². The lowest BCUT2D eigenvalue weighted by molar-refractivity contribution is 0.113. The Morgan fingerprint density at radius 3 is 2.79 bits per heavy atom. The number of anilines is 1. The highest BCUT2D eigenvalue weighted by Gasteiger charge is 2.04. The number of hydrogen-bond donors (Lipinski definition) is 3. The summed E-state index contributed by atoms with van der Waals surface area (Å²) >= 11 is 1.52. The first-order chi connectivity index (χ1) is 6.63. The Kier molecular flexibility index (Phi) is 4.25. The molecule has 1 aromatic carbocycles. The molecule has 0 bridgehead atoms. The Bertz CT molecular complexity index is 304. The largest absolute Gasteiger partial charge is 0.399 e. The van der Waals surface area contributed by atoms with E-state index in [0.717, 1.165) is 16.1 Å². The molecule has 4 N–H and O–H groups in total. The number of nitrogens with two attached hydrogens (primary N) is 1. The molecule has 4 heteroatoms. The lowest BCUT2D eigenvalue weighted by atomic mass is 10.2. The van der Waals surface area contributed by atoms with Crippen molar-refractivity contribution >= 4 is 17.4 Å². The van der Waals surface area contributed by atoms with Crippen molar-refractivity contribution in [1.29, 1.82) is 0 Å². The summed E-state index contributed by atoms with van der Waals surface area (Å²) in [7, 11) is 0. The number of benzene rings is 1. The number of aliphatic hydroxyl groups is 2. The van der Waals surface area contributed by atoms with E-state index in [4.69, 9.17) is 15.9 Å². The van der Waals surface area contributed by atoms with E-state index in [9.17, 15) is 0 Å². The molecule has 0 aromatic heterocycles. The predicted octanol–water partition coefficient (Wildman–Crippen LogP) is 1.02. The molecule has 0 radical (unpaired) electrons. The summed E-state index contributed by atoms with van der Waals surface area (Å²) in [4.78, 5) is 1.09. The second kappa shape index (κ2) is 5.24. The van der Waals surface area contributed by atoms with Gasteiger partial charge in [-0.3, -0.25) is 0 Å². The zero-order valence-electron chi connectivity index (χ0n) is 8.10. The topological polar surface area (TPSA) is 66.5 Å². The van der Waals surface area contributed by atoms with Crippen molar-refractivity contribution < 1.29 is 10.2 Å². The van der Waals surface area contributed by atoms with Crippen LogP contribution >= 0.6 is 11.8 Å². The van der Waals surface area contributed by atoms with Gasteiger partial charge in [-0.2, -0.15) is 0 Å². The first-order valence-electron chi connectivity index (χ1n) is 4.41. The van der Waals surface area contributed by atoms with Gasteiger partial charge in [0.25, 0.3) is 0 Å². The van der Waals surface area contributed by atoms with E-state index >= 15 is 0 Å².